The molecule has 0 aromatic heterocycles. The molecule has 1 N–H and O–H groups in total. The van der Waals surface area contributed by atoms with E-state index >= 15 is 0 Å². The van der Waals surface area contributed by atoms with Crippen molar-refractivity contribution in [3.63, 3.8) is 0 Å². The smallest absolute Gasteiger partial charge is 0.243 e. The third-order valence-electron chi connectivity index (χ3n) is 6.92. The van der Waals surface area contributed by atoms with Gasteiger partial charge in [-0.2, -0.15) is 4.31 Å². The molecule has 5 rings (SSSR count). The van der Waals surface area contributed by atoms with Crippen molar-refractivity contribution in [1.82, 2.24) is 14.5 Å². The first kappa shape index (κ1) is 23.1. The van der Waals surface area contributed by atoms with Gasteiger partial charge in [0.05, 0.1) is 16.6 Å². The van der Waals surface area contributed by atoms with E-state index in [1.54, 1.807) is 0 Å². The average Bonchev–Trinajstić information content (AvgIpc) is 3.38. The van der Waals surface area contributed by atoms with Crippen molar-refractivity contribution >= 4 is 15.9 Å². The minimum absolute atomic E-state index is 0.0162. The topological polar surface area (TPSA) is 88.2 Å². The highest BCUT2D eigenvalue weighted by molar-refractivity contribution is 7.89. The Morgan fingerprint density at radius 3 is 2.44 bits per heavy atom. The third-order valence-corrected chi connectivity index (χ3v) is 8.83. The van der Waals surface area contributed by atoms with Gasteiger partial charge in [0.15, 0.2) is 11.5 Å². The van der Waals surface area contributed by atoms with Crippen LogP contribution in [0.5, 0.6) is 11.5 Å². The molecule has 2 fully saturated rings. The van der Waals surface area contributed by atoms with Crippen LogP contribution in [0.2, 0.25) is 0 Å². The highest BCUT2D eigenvalue weighted by Crippen LogP contribution is 2.38. The van der Waals surface area contributed by atoms with Crippen LogP contribution >= 0.6 is 0 Å². The quantitative estimate of drug-likeness (QED) is 0.695. The van der Waals surface area contributed by atoms with E-state index in [4.69, 9.17) is 9.47 Å². The molecule has 2 aromatic carbocycles. The molecular formula is C24H28FN3O5S. The molecule has 3 aliphatic rings. The van der Waals surface area contributed by atoms with E-state index in [0.717, 1.165) is 17.7 Å². The van der Waals surface area contributed by atoms with Crippen molar-refractivity contribution in [1.29, 1.82) is 0 Å². The zero-order chi connectivity index (χ0) is 24.1. The summed E-state index contributed by atoms with van der Waals surface area (Å²) < 4.78 is 51.8. The first-order chi connectivity index (χ1) is 16.2. The van der Waals surface area contributed by atoms with Crippen LogP contribution in [-0.4, -0.2) is 55.1 Å². The minimum atomic E-state index is -3.75. The number of carbonyl (C=O) groups is 1. The Morgan fingerprint density at radius 2 is 1.76 bits per heavy atom. The normalized spacial score (nSPS) is 22.2. The molecule has 3 aliphatic heterocycles. The number of ether oxygens (including phenoxy) is 2. The van der Waals surface area contributed by atoms with Gasteiger partial charge in [-0.15, -0.1) is 0 Å². The summed E-state index contributed by atoms with van der Waals surface area (Å²) in [7, 11) is -3.75. The van der Waals surface area contributed by atoms with Gasteiger partial charge in [0.2, 0.25) is 22.7 Å². The summed E-state index contributed by atoms with van der Waals surface area (Å²) in [5.41, 5.74) is 0.279. The van der Waals surface area contributed by atoms with Crippen LogP contribution in [0.1, 0.15) is 32.3 Å². The molecule has 0 bridgehead atoms. The van der Waals surface area contributed by atoms with Crippen LogP contribution < -0.4 is 14.8 Å². The maximum atomic E-state index is 13.4. The Labute approximate surface area is 198 Å². The lowest BCUT2D eigenvalue weighted by Crippen LogP contribution is -2.59. The predicted octanol–water partition coefficient (Wildman–Crippen LogP) is 2.69. The summed E-state index contributed by atoms with van der Waals surface area (Å²) in [6.45, 7) is 5.07. The molecule has 2 saturated heterocycles. The molecule has 0 aliphatic carbocycles. The van der Waals surface area contributed by atoms with Gasteiger partial charge in [-0.05, 0) is 60.7 Å². The second kappa shape index (κ2) is 8.51. The second-order valence-corrected chi connectivity index (χ2v) is 11.3. The van der Waals surface area contributed by atoms with Crippen LogP contribution in [-0.2, 0) is 21.4 Å². The lowest BCUT2D eigenvalue weighted by Gasteiger charge is -2.44. The molecule has 0 radical (unpaired) electrons. The molecule has 1 spiro atoms. The van der Waals surface area contributed by atoms with Gasteiger partial charge in [0.1, 0.15) is 5.82 Å². The first-order valence-electron chi connectivity index (χ1n) is 11.4. The monoisotopic (exact) mass is 489 g/mol. The summed E-state index contributed by atoms with van der Waals surface area (Å²) in [6, 6.07) is 10.2. The molecular weight excluding hydrogens is 461 g/mol. The van der Waals surface area contributed by atoms with Crippen LogP contribution in [0.3, 0.4) is 0 Å². The molecule has 1 atom stereocenters. The number of nitrogens with one attached hydrogen (secondary N) is 1. The minimum Gasteiger partial charge on any atom is -0.454 e. The van der Waals surface area contributed by atoms with Gasteiger partial charge in [-0.1, -0.05) is 19.9 Å². The lowest BCUT2D eigenvalue weighted by atomic mass is 9.96. The number of hydrogen-bond donors (Lipinski definition) is 1. The Morgan fingerprint density at radius 1 is 1.09 bits per heavy atom. The molecule has 1 amide bonds. The molecule has 2 aromatic rings. The lowest BCUT2D eigenvalue weighted by molar-refractivity contribution is -0.134. The standard InChI is InChI=1S/C24H28FN3O5S/c1-16(2)22-23(29)28(14-17-3-8-20-21(13-17)33-15-32-20)24(26-22)9-11-27(12-10-24)34(30,31)19-6-4-18(25)5-7-19/h3-8,13,16,22,26H,9-12,14-15H2,1-2H3/t22-/m0/s1. The number of halogens is 1. The Kier molecular flexibility index (Phi) is 5.78. The predicted molar refractivity (Wildman–Crippen MR) is 122 cm³/mol. The van der Waals surface area contributed by atoms with Crippen LogP contribution in [0.15, 0.2) is 47.4 Å². The number of amides is 1. The SMILES string of the molecule is CC(C)[C@@H]1NC2(CCN(S(=O)(=O)c3ccc(F)cc3)CC2)N(Cc2ccc3c(c2)OCO3)C1=O. The molecule has 10 heteroatoms. The number of benzene rings is 2. The van der Waals surface area contributed by atoms with E-state index in [-0.39, 0.29) is 42.6 Å². The van der Waals surface area contributed by atoms with E-state index < -0.39 is 21.5 Å². The highest BCUT2D eigenvalue weighted by atomic mass is 32.2. The number of fused-ring (bicyclic) bond motifs is 1. The van der Waals surface area contributed by atoms with Gasteiger partial charge in [0.25, 0.3) is 0 Å². The van der Waals surface area contributed by atoms with Crippen LogP contribution in [0, 0.1) is 11.7 Å². The fraction of sp³-hybridized carbons (Fsp3) is 0.458. The summed E-state index contributed by atoms with van der Waals surface area (Å²) in [5.74, 6) is 0.967. The number of hydrogen-bond acceptors (Lipinski definition) is 6. The number of carbonyl (C=O) groups excluding carboxylic acids is 1. The van der Waals surface area contributed by atoms with Gasteiger partial charge in [0, 0.05) is 19.6 Å². The van der Waals surface area contributed by atoms with Crippen molar-refractivity contribution < 1.29 is 27.1 Å². The third kappa shape index (κ3) is 3.93. The summed E-state index contributed by atoms with van der Waals surface area (Å²) >= 11 is 0. The zero-order valence-electron chi connectivity index (χ0n) is 19.2. The highest BCUT2D eigenvalue weighted by Gasteiger charge is 2.53. The van der Waals surface area contributed by atoms with Crippen molar-refractivity contribution in [2.75, 3.05) is 19.9 Å². The van der Waals surface area contributed by atoms with Gasteiger partial charge >= 0.3 is 0 Å². The summed E-state index contributed by atoms with van der Waals surface area (Å²) in [4.78, 5) is 15.4. The van der Waals surface area contributed by atoms with E-state index in [9.17, 15) is 17.6 Å². The Bertz CT molecular complexity index is 1190. The van der Waals surface area contributed by atoms with Gasteiger partial charge < -0.3 is 14.4 Å². The Balaban J connectivity index is 1.38. The van der Waals surface area contributed by atoms with Crippen molar-refractivity contribution in [3.05, 3.63) is 53.8 Å². The summed E-state index contributed by atoms with van der Waals surface area (Å²) in [5, 5.41) is 3.55. The number of sulfonamides is 1. The first-order valence-corrected chi connectivity index (χ1v) is 12.9. The van der Waals surface area contributed by atoms with E-state index in [0.29, 0.717) is 30.9 Å². The van der Waals surface area contributed by atoms with E-state index in [1.807, 2.05) is 36.9 Å². The van der Waals surface area contributed by atoms with Crippen molar-refractivity contribution in [2.45, 2.75) is 49.8 Å². The van der Waals surface area contributed by atoms with Crippen LogP contribution in [0.4, 0.5) is 4.39 Å². The molecule has 8 nitrogen and oxygen atoms in total. The average molecular weight is 490 g/mol. The maximum Gasteiger partial charge on any atom is 0.243 e. The number of piperidine rings is 1. The molecule has 3 heterocycles. The second-order valence-electron chi connectivity index (χ2n) is 9.37. The molecule has 0 unspecified atom stereocenters. The fourth-order valence-corrected chi connectivity index (χ4v) is 6.42. The van der Waals surface area contributed by atoms with E-state index in [2.05, 4.69) is 5.32 Å². The zero-order valence-corrected chi connectivity index (χ0v) is 20.0. The van der Waals surface area contributed by atoms with Crippen LogP contribution in [0.25, 0.3) is 0 Å². The molecule has 182 valence electrons. The fourth-order valence-electron chi connectivity index (χ4n) is 4.98. The number of nitrogens with zero attached hydrogens (tertiary/aromatic N) is 2. The number of rotatable bonds is 5. The summed E-state index contributed by atoms with van der Waals surface area (Å²) in [6.07, 6.45) is 0.903. The Hall–Kier alpha value is -2.69. The van der Waals surface area contributed by atoms with Crippen molar-refractivity contribution in [3.8, 4) is 11.5 Å². The van der Waals surface area contributed by atoms with Gasteiger partial charge in [-0.3, -0.25) is 10.1 Å². The molecule has 0 saturated carbocycles. The van der Waals surface area contributed by atoms with Crippen molar-refractivity contribution in [2.24, 2.45) is 5.92 Å². The largest absolute Gasteiger partial charge is 0.454 e. The van der Waals surface area contributed by atoms with Gasteiger partial charge in [-0.25, -0.2) is 12.8 Å². The molecule has 34 heavy (non-hydrogen) atoms. The van der Waals surface area contributed by atoms with E-state index in [1.165, 1.54) is 16.4 Å². The maximum absolute atomic E-state index is 13.4.